The van der Waals surface area contributed by atoms with Crippen molar-refractivity contribution in [2.75, 3.05) is 0 Å². The minimum atomic E-state index is 0.347. The summed E-state index contributed by atoms with van der Waals surface area (Å²) in [5, 5.41) is 10.1. The Bertz CT molecular complexity index is 527. The largest absolute Gasteiger partial charge is 0.507 e. The third-order valence-electron chi connectivity index (χ3n) is 3.26. The molecule has 0 amide bonds. The molecule has 0 saturated heterocycles. The Morgan fingerprint density at radius 1 is 1.00 bits per heavy atom. The van der Waals surface area contributed by atoms with Gasteiger partial charge in [-0.15, -0.1) is 0 Å². The molecule has 0 aliphatic carbocycles. The summed E-state index contributed by atoms with van der Waals surface area (Å²) in [4.78, 5) is 0. The van der Waals surface area contributed by atoms with Crippen LogP contribution in [0, 0.1) is 6.92 Å². The first-order chi connectivity index (χ1) is 8.58. The van der Waals surface area contributed by atoms with E-state index in [1.54, 1.807) is 0 Å². The van der Waals surface area contributed by atoms with E-state index in [9.17, 15) is 5.11 Å². The predicted octanol–water partition coefficient (Wildman–Crippen LogP) is 4.41. The van der Waals surface area contributed by atoms with Crippen LogP contribution in [0.3, 0.4) is 0 Å². The molecule has 0 radical (unpaired) electrons. The number of phenolic OH excluding ortho intramolecular Hbond substituents is 1. The van der Waals surface area contributed by atoms with Crippen LogP contribution in [-0.4, -0.2) is 5.11 Å². The molecule has 94 valence electrons. The summed E-state index contributed by atoms with van der Waals surface area (Å²) in [6, 6.07) is 14.6. The van der Waals surface area contributed by atoms with E-state index in [2.05, 4.69) is 50.2 Å². The normalized spacial score (nSPS) is 10.9. The van der Waals surface area contributed by atoms with Crippen molar-refractivity contribution in [1.82, 2.24) is 0 Å². The van der Waals surface area contributed by atoms with Gasteiger partial charge in [-0.1, -0.05) is 56.3 Å². The van der Waals surface area contributed by atoms with Crippen LogP contribution in [0.2, 0.25) is 0 Å². The van der Waals surface area contributed by atoms with Gasteiger partial charge in [0.15, 0.2) is 0 Å². The lowest BCUT2D eigenvalue weighted by atomic mass is 9.94. The van der Waals surface area contributed by atoms with Crippen LogP contribution in [0.4, 0.5) is 0 Å². The van der Waals surface area contributed by atoms with Gasteiger partial charge in [-0.2, -0.15) is 0 Å². The van der Waals surface area contributed by atoms with Gasteiger partial charge in [0.2, 0.25) is 0 Å². The third kappa shape index (κ3) is 2.73. The van der Waals surface area contributed by atoms with Crippen molar-refractivity contribution in [3.05, 3.63) is 64.7 Å². The smallest absolute Gasteiger partial charge is 0.121 e. The van der Waals surface area contributed by atoms with Crippen molar-refractivity contribution in [2.45, 2.75) is 33.1 Å². The van der Waals surface area contributed by atoms with Gasteiger partial charge < -0.3 is 5.11 Å². The predicted molar refractivity (Wildman–Crippen MR) is 76.2 cm³/mol. The maximum Gasteiger partial charge on any atom is 0.121 e. The lowest BCUT2D eigenvalue weighted by Gasteiger charge is -2.13. The standard InChI is InChI=1S/C17H20O/c1-12(2)16-11-15(9-13(3)17(16)18)10-14-7-5-4-6-8-14/h4-9,11-12,18H,10H2,1-3H3. The highest BCUT2D eigenvalue weighted by molar-refractivity contribution is 5.45. The van der Waals surface area contributed by atoms with Gasteiger partial charge in [-0.05, 0) is 41.5 Å². The van der Waals surface area contributed by atoms with Crippen LogP contribution >= 0.6 is 0 Å². The fourth-order valence-corrected chi connectivity index (χ4v) is 2.26. The molecular formula is C17H20O. The number of phenols is 1. The monoisotopic (exact) mass is 240 g/mol. The Balaban J connectivity index is 2.35. The molecule has 1 heteroatoms. The Hall–Kier alpha value is -1.76. The van der Waals surface area contributed by atoms with Crippen molar-refractivity contribution in [3.63, 3.8) is 0 Å². The van der Waals surface area contributed by atoms with Crippen LogP contribution in [0.25, 0.3) is 0 Å². The molecule has 0 fully saturated rings. The molecule has 2 aromatic carbocycles. The molecule has 0 atom stereocenters. The highest BCUT2D eigenvalue weighted by Crippen LogP contribution is 2.30. The molecule has 0 aromatic heterocycles. The second-order valence-corrected chi connectivity index (χ2v) is 5.17. The fraction of sp³-hybridized carbons (Fsp3) is 0.294. The molecule has 0 unspecified atom stereocenters. The van der Waals surface area contributed by atoms with Crippen LogP contribution < -0.4 is 0 Å². The number of hydrogen-bond acceptors (Lipinski definition) is 1. The maximum absolute atomic E-state index is 10.1. The summed E-state index contributed by atoms with van der Waals surface area (Å²) in [6.07, 6.45) is 0.918. The van der Waals surface area contributed by atoms with E-state index in [0.717, 1.165) is 17.5 Å². The zero-order valence-corrected chi connectivity index (χ0v) is 11.3. The van der Waals surface area contributed by atoms with E-state index >= 15 is 0 Å². The van der Waals surface area contributed by atoms with Crippen LogP contribution in [0.15, 0.2) is 42.5 Å². The van der Waals surface area contributed by atoms with Crippen LogP contribution in [-0.2, 0) is 6.42 Å². The van der Waals surface area contributed by atoms with Gasteiger partial charge in [-0.3, -0.25) is 0 Å². The second kappa shape index (κ2) is 5.26. The Kier molecular flexibility index (Phi) is 3.71. The van der Waals surface area contributed by atoms with Crippen molar-refractivity contribution < 1.29 is 5.11 Å². The molecule has 1 N–H and O–H groups in total. The van der Waals surface area contributed by atoms with Gasteiger partial charge >= 0.3 is 0 Å². The van der Waals surface area contributed by atoms with Gasteiger partial charge in [-0.25, -0.2) is 0 Å². The summed E-state index contributed by atoms with van der Waals surface area (Å²) < 4.78 is 0. The minimum absolute atomic E-state index is 0.347. The van der Waals surface area contributed by atoms with Gasteiger partial charge in [0.1, 0.15) is 5.75 Å². The minimum Gasteiger partial charge on any atom is -0.507 e. The number of aryl methyl sites for hydroxylation is 1. The van der Waals surface area contributed by atoms with Crippen molar-refractivity contribution >= 4 is 0 Å². The Morgan fingerprint density at radius 2 is 1.67 bits per heavy atom. The first-order valence-electron chi connectivity index (χ1n) is 6.44. The first-order valence-corrected chi connectivity index (χ1v) is 6.44. The molecular weight excluding hydrogens is 220 g/mol. The number of rotatable bonds is 3. The summed E-state index contributed by atoms with van der Waals surface area (Å²) in [6.45, 7) is 6.19. The molecule has 0 spiro atoms. The van der Waals surface area contributed by atoms with Crippen molar-refractivity contribution in [3.8, 4) is 5.75 Å². The molecule has 0 saturated carbocycles. The fourth-order valence-electron chi connectivity index (χ4n) is 2.26. The molecule has 0 heterocycles. The van der Waals surface area contributed by atoms with Gasteiger partial charge in [0, 0.05) is 0 Å². The average Bonchev–Trinajstić information content (AvgIpc) is 2.34. The highest BCUT2D eigenvalue weighted by atomic mass is 16.3. The molecule has 1 nitrogen and oxygen atoms in total. The summed E-state index contributed by atoms with van der Waals surface area (Å²) in [5.41, 5.74) is 4.57. The molecule has 0 aliphatic heterocycles. The van der Waals surface area contributed by atoms with E-state index < -0.39 is 0 Å². The lowest BCUT2D eigenvalue weighted by molar-refractivity contribution is 0.460. The Labute approximate surface area is 109 Å². The summed E-state index contributed by atoms with van der Waals surface area (Å²) >= 11 is 0. The van der Waals surface area contributed by atoms with E-state index in [0.29, 0.717) is 11.7 Å². The third-order valence-corrected chi connectivity index (χ3v) is 3.26. The molecule has 2 rings (SSSR count). The number of aromatic hydroxyl groups is 1. The zero-order chi connectivity index (χ0) is 13.1. The second-order valence-electron chi connectivity index (χ2n) is 5.17. The molecule has 18 heavy (non-hydrogen) atoms. The quantitative estimate of drug-likeness (QED) is 0.842. The van der Waals surface area contributed by atoms with Crippen molar-refractivity contribution in [2.24, 2.45) is 0 Å². The summed E-state index contributed by atoms with van der Waals surface area (Å²) in [5.74, 6) is 0.793. The first kappa shape index (κ1) is 12.7. The van der Waals surface area contributed by atoms with Crippen LogP contribution in [0.5, 0.6) is 5.75 Å². The lowest BCUT2D eigenvalue weighted by Crippen LogP contribution is -1.95. The molecule has 2 aromatic rings. The SMILES string of the molecule is Cc1cc(Cc2ccccc2)cc(C(C)C)c1O. The van der Waals surface area contributed by atoms with Gasteiger partial charge in [0.05, 0.1) is 0 Å². The van der Waals surface area contributed by atoms with Crippen molar-refractivity contribution in [1.29, 1.82) is 0 Å². The molecule has 0 aliphatic rings. The van der Waals surface area contributed by atoms with E-state index in [-0.39, 0.29) is 0 Å². The van der Waals surface area contributed by atoms with E-state index in [1.165, 1.54) is 11.1 Å². The zero-order valence-electron chi connectivity index (χ0n) is 11.3. The molecule has 0 bridgehead atoms. The highest BCUT2D eigenvalue weighted by Gasteiger charge is 2.10. The van der Waals surface area contributed by atoms with E-state index in [1.807, 2.05) is 13.0 Å². The Morgan fingerprint density at radius 3 is 2.28 bits per heavy atom. The average molecular weight is 240 g/mol. The summed E-state index contributed by atoms with van der Waals surface area (Å²) in [7, 11) is 0. The number of benzene rings is 2. The number of hydrogen-bond donors (Lipinski definition) is 1. The van der Waals surface area contributed by atoms with Crippen LogP contribution in [0.1, 0.15) is 42.0 Å². The maximum atomic E-state index is 10.1. The van der Waals surface area contributed by atoms with E-state index in [4.69, 9.17) is 0 Å². The topological polar surface area (TPSA) is 20.2 Å². The van der Waals surface area contributed by atoms with Gasteiger partial charge in [0.25, 0.3) is 0 Å².